The minimum absolute atomic E-state index is 0.307. The Kier molecular flexibility index (Phi) is 2.48. The number of benzene rings is 2. The lowest BCUT2D eigenvalue weighted by Crippen LogP contribution is -2.00. The van der Waals surface area contributed by atoms with Crippen LogP contribution in [0.4, 0.5) is 0 Å². The van der Waals surface area contributed by atoms with Gasteiger partial charge in [0, 0.05) is 0 Å². The minimum atomic E-state index is 0.307. The van der Waals surface area contributed by atoms with Gasteiger partial charge in [0.15, 0.2) is 0 Å². The Hall–Kier alpha value is -1.96. The molecule has 0 saturated heterocycles. The number of ether oxygens (including phenoxy) is 1. The van der Waals surface area contributed by atoms with Crippen LogP contribution >= 0.6 is 0 Å². The number of phenols is 1. The van der Waals surface area contributed by atoms with Crippen molar-refractivity contribution in [3.05, 3.63) is 53.6 Å². The molecule has 1 aliphatic rings. The molecule has 86 valence electrons. The van der Waals surface area contributed by atoms with Crippen LogP contribution in [-0.4, -0.2) is 5.11 Å². The maximum absolute atomic E-state index is 9.49. The third-order valence-corrected chi connectivity index (χ3v) is 3.13. The molecule has 1 heterocycles. The standard InChI is InChI=1S/C15H14O2/c16-13-8-9-15-12(10-13)6-3-5-11-4-1-2-7-14(11)17-15/h1-2,4,7-10,16H,3,5-6H2. The van der Waals surface area contributed by atoms with E-state index >= 15 is 0 Å². The number of rotatable bonds is 0. The molecule has 0 radical (unpaired) electrons. The van der Waals surface area contributed by atoms with E-state index in [0.717, 1.165) is 36.3 Å². The third kappa shape index (κ3) is 1.98. The predicted octanol–water partition coefficient (Wildman–Crippen LogP) is 3.67. The average Bonchev–Trinajstić information content (AvgIpc) is 2.31. The second kappa shape index (κ2) is 4.13. The van der Waals surface area contributed by atoms with E-state index in [1.165, 1.54) is 5.56 Å². The molecule has 1 aliphatic heterocycles. The van der Waals surface area contributed by atoms with Crippen LogP contribution in [0.2, 0.25) is 0 Å². The van der Waals surface area contributed by atoms with Crippen LogP contribution < -0.4 is 4.74 Å². The molecule has 3 rings (SSSR count). The van der Waals surface area contributed by atoms with Crippen LogP contribution in [0.25, 0.3) is 0 Å². The van der Waals surface area contributed by atoms with Crippen molar-refractivity contribution in [2.24, 2.45) is 0 Å². The molecule has 1 N–H and O–H groups in total. The largest absolute Gasteiger partial charge is 0.508 e. The zero-order valence-corrected chi connectivity index (χ0v) is 9.52. The monoisotopic (exact) mass is 226 g/mol. The van der Waals surface area contributed by atoms with E-state index in [9.17, 15) is 5.11 Å². The van der Waals surface area contributed by atoms with Gasteiger partial charge >= 0.3 is 0 Å². The second-order valence-electron chi connectivity index (χ2n) is 4.36. The van der Waals surface area contributed by atoms with Crippen molar-refractivity contribution in [1.82, 2.24) is 0 Å². The molecular formula is C15H14O2. The zero-order valence-electron chi connectivity index (χ0n) is 9.52. The fourth-order valence-corrected chi connectivity index (χ4v) is 2.26. The summed E-state index contributed by atoms with van der Waals surface area (Å²) >= 11 is 0. The van der Waals surface area contributed by atoms with Gasteiger partial charge in [-0.2, -0.15) is 0 Å². The Balaban J connectivity index is 2.06. The fraction of sp³-hybridized carbons (Fsp3) is 0.200. The van der Waals surface area contributed by atoms with E-state index in [-0.39, 0.29) is 0 Å². The van der Waals surface area contributed by atoms with Gasteiger partial charge in [-0.25, -0.2) is 0 Å². The topological polar surface area (TPSA) is 29.5 Å². The Labute approximate surface area is 100 Å². The van der Waals surface area contributed by atoms with E-state index in [1.54, 1.807) is 12.1 Å². The first-order chi connectivity index (χ1) is 8.33. The van der Waals surface area contributed by atoms with Crippen LogP contribution in [0, 0.1) is 0 Å². The molecule has 0 bridgehead atoms. The highest BCUT2D eigenvalue weighted by Gasteiger charge is 2.12. The summed E-state index contributed by atoms with van der Waals surface area (Å²) in [5, 5.41) is 9.49. The number of fused-ring (bicyclic) bond motifs is 2. The number of hydrogen-bond acceptors (Lipinski definition) is 2. The van der Waals surface area contributed by atoms with Gasteiger partial charge in [0.1, 0.15) is 17.2 Å². The molecule has 0 atom stereocenters. The minimum Gasteiger partial charge on any atom is -0.508 e. The maximum atomic E-state index is 9.49. The van der Waals surface area contributed by atoms with Crippen LogP contribution in [0.1, 0.15) is 17.5 Å². The first-order valence-electron chi connectivity index (χ1n) is 5.90. The van der Waals surface area contributed by atoms with Gasteiger partial charge in [-0.05, 0) is 54.7 Å². The van der Waals surface area contributed by atoms with Gasteiger partial charge in [0.05, 0.1) is 0 Å². The number of para-hydroxylation sites is 1. The number of aryl methyl sites for hydroxylation is 2. The summed E-state index contributed by atoms with van der Waals surface area (Å²) in [5.41, 5.74) is 2.34. The summed E-state index contributed by atoms with van der Waals surface area (Å²) < 4.78 is 5.93. The van der Waals surface area contributed by atoms with E-state index in [4.69, 9.17) is 4.74 Å². The number of phenolic OH excluding ortho intramolecular Hbond substituents is 1. The Morgan fingerprint density at radius 1 is 0.882 bits per heavy atom. The highest BCUT2D eigenvalue weighted by atomic mass is 16.5. The van der Waals surface area contributed by atoms with E-state index in [1.807, 2.05) is 24.3 Å². The van der Waals surface area contributed by atoms with Crippen molar-refractivity contribution < 1.29 is 9.84 Å². The van der Waals surface area contributed by atoms with Crippen LogP contribution in [-0.2, 0) is 12.8 Å². The van der Waals surface area contributed by atoms with Gasteiger partial charge in [-0.15, -0.1) is 0 Å². The third-order valence-electron chi connectivity index (χ3n) is 3.13. The smallest absolute Gasteiger partial charge is 0.130 e. The lowest BCUT2D eigenvalue weighted by molar-refractivity contribution is 0.450. The summed E-state index contributed by atoms with van der Waals surface area (Å²) in [6.45, 7) is 0. The SMILES string of the molecule is Oc1ccc2c(c1)CCCc1ccccc1O2. The maximum Gasteiger partial charge on any atom is 0.130 e. The molecule has 0 saturated carbocycles. The van der Waals surface area contributed by atoms with E-state index in [2.05, 4.69) is 6.07 Å². The molecule has 2 aromatic rings. The van der Waals surface area contributed by atoms with Crippen LogP contribution in [0.5, 0.6) is 17.2 Å². The van der Waals surface area contributed by atoms with Gasteiger partial charge < -0.3 is 9.84 Å². The second-order valence-corrected chi connectivity index (χ2v) is 4.36. The average molecular weight is 226 g/mol. The molecule has 0 aliphatic carbocycles. The molecule has 0 fully saturated rings. The molecule has 0 spiro atoms. The van der Waals surface area contributed by atoms with E-state index in [0.29, 0.717) is 5.75 Å². The quantitative estimate of drug-likeness (QED) is 0.742. The van der Waals surface area contributed by atoms with Crippen molar-refractivity contribution in [3.63, 3.8) is 0 Å². The number of aromatic hydroxyl groups is 1. The van der Waals surface area contributed by atoms with Crippen molar-refractivity contribution in [2.45, 2.75) is 19.3 Å². The zero-order chi connectivity index (χ0) is 11.7. The Morgan fingerprint density at radius 3 is 2.59 bits per heavy atom. The van der Waals surface area contributed by atoms with Crippen LogP contribution in [0.3, 0.4) is 0 Å². The van der Waals surface area contributed by atoms with Crippen molar-refractivity contribution in [1.29, 1.82) is 0 Å². The first-order valence-corrected chi connectivity index (χ1v) is 5.90. The van der Waals surface area contributed by atoms with Crippen LogP contribution in [0.15, 0.2) is 42.5 Å². The molecule has 0 unspecified atom stereocenters. The summed E-state index contributed by atoms with van der Waals surface area (Å²) in [6, 6.07) is 13.4. The molecule has 0 aromatic heterocycles. The van der Waals surface area contributed by atoms with Crippen molar-refractivity contribution in [2.75, 3.05) is 0 Å². The van der Waals surface area contributed by atoms with Gasteiger partial charge in [0.2, 0.25) is 0 Å². The summed E-state index contributed by atoms with van der Waals surface area (Å²) in [4.78, 5) is 0. The highest BCUT2D eigenvalue weighted by molar-refractivity contribution is 5.45. The molecule has 2 nitrogen and oxygen atoms in total. The lowest BCUT2D eigenvalue weighted by atomic mass is 10.0. The Morgan fingerprint density at radius 2 is 1.65 bits per heavy atom. The number of hydrogen-bond donors (Lipinski definition) is 1. The van der Waals surface area contributed by atoms with Crippen molar-refractivity contribution in [3.8, 4) is 17.2 Å². The molecule has 2 aromatic carbocycles. The summed E-state index contributed by atoms with van der Waals surface area (Å²) in [7, 11) is 0. The van der Waals surface area contributed by atoms with Gasteiger partial charge in [0.25, 0.3) is 0 Å². The molecule has 0 amide bonds. The van der Waals surface area contributed by atoms with E-state index < -0.39 is 0 Å². The predicted molar refractivity (Wildman–Crippen MR) is 66.6 cm³/mol. The van der Waals surface area contributed by atoms with Gasteiger partial charge in [-0.3, -0.25) is 0 Å². The lowest BCUT2D eigenvalue weighted by Gasteiger charge is -2.17. The summed E-state index contributed by atoms with van der Waals surface area (Å²) in [5.74, 6) is 2.09. The van der Waals surface area contributed by atoms with Crippen molar-refractivity contribution >= 4 is 0 Å². The first kappa shape index (κ1) is 10.2. The Bertz CT molecular complexity index is 546. The molecular weight excluding hydrogens is 212 g/mol. The molecule has 17 heavy (non-hydrogen) atoms. The summed E-state index contributed by atoms with van der Waals surface area (Å²) in [6.07, 6.45) is 3.04. The normalized spacial score (nSPS) is 13.9. The molecule has 2 heteroatoms. The highest BCUT2D eigenvalue weighted by Crippen LogP contribution is 2.34. The fourth-order valence-electron chi connectivity index (χ4n) is 2.26. The van der Waals surface area contributed by atoms with Gasteiger partial charge in [-0.1, -0.05) is 18.2 Å².